The summed E-state index contributed by atoms with van der Waals surface area (Å²) in [6, 6.07) is 1.76. The van der Waals surface area contributed by atoms with E-state index in [4.69, 9.17) is 10.5 Å². The Morgan fingerprint density at radius 2 is 1.93 bits per heavy atom. The number of rotatable bonds is 6. The van der Waals surface area contributed by atoms with E-state index in [1.807, 2.05) is 0 Å². The van der Waals surface area contributed by atoms with E-state index in [2.05, 4.69) is 25.1 Å². The molecule has 1 aliphatic heterocycles. The summed E-state index contributed by atoms with van der Waals surface area (Å²) in [5, 5.41) is 29.0. The van der Waals surface area contributed by atoms with Gasteiger partial charge < -0.3 is 35.3 Å². The Morgan fingerprint density at radius 3 is 2.58 bits per heavy atom. The number of esters is 1. The molecule has 2 aliphatic rings. The van der Waals surface area contributed by atoms with Crippen LogP contribution in [0.1, 0.15) is 31.9 Å². The molecule has 5 N–H and O–H groups in total. The molecule has 1 saturated carbocycles. The average molecular weight is 568 g/mol. The third kappa shape index (κ3) is 5.33. The highest BCUT2D eigenvalue weighted by molar-refractivity contribution is 5.99. The van der Waals surface area contributed by atoms with Crippen LogP contribution in [-0.2, 0) is 26.1 Å². The molecule has 2 fully saturated rings. The number of hydrogen-bond donors (Lipinski definition) is 4. The van der Waals surface area contributed by atoms with Crippen LogP contribution in [0.15, 0.2) is 24.8 Å². The van der Waals surface area contributed by atoms with Crippen LogP contribution in [-0.4, -0.2) is 83.5 Å². The van der Waals surface area contributed by atoms with Crippen LogP contribution >= 0.6 is 0 Å². The zero-order valence-corrected chi connectivity index (χ0v) is 21.3. The second-order valence-electron chi connectivity index (χ2n) is 10.0. The summed E-state index contributed by atoms with van der Waals surface area (Å²) in [5.41, 5.74) is 7.58. The highest BCUT2D eigenvalue weighted by Gasteiger charge is 2.48. The lowest BCUT2D eigenvalue weighted by Crippen LogP contribution is -2.44. The van der Waals surface area contributed by atoms with Crippen LogP contribution in [0.5, 0.6) is 0 Å². The van der Waals surface area contributed by atoms with Gasteiger partial charge in [0.1, 0.15) is 36.1 Å². The number of ether oxygens (including phenoxy) is 2. The van der Waals surface area contributed by atoms with E-state index in [1.54, 1.807) is 30.2 Å². The Hall–Kier alpha value is -3.76. The van der Waals surface area contributed by atoms with E-state index >= 15 is 0 Å². The molecule has 5 rings (SSSR count). The third-order valence-corrected chi connectivity index (χ3v) is 7.26. The lowest BCUT2D eigenvalue weighted by molar-refractivity contribution is -0.206. The number of aryl methyl sites for hydroxylation is 1. The van der Waals surface area contributed by atoms with Gasteiger partial charge in [0, 0.05) is 31.5 Å². The molecule has 4 atom stereocenters. The number of aromatic nitrogens is 5. The van der Waals surface area contributed by atoms with Crippen molar-refractivity contribution in [3.8, 4) is 11.3 Å². The molecule has 40 heavy (non-hydrogen) atoms. The van der Waals surface area contributed by atoms with Gasteiger partial charge in [-0.2, -0.15) is 18.3 Å². The monoisotopic (exact) mass is 567 g/mol. The fraction of sp³-hybridized carbons (Fsp3) is 0.542. The third-order valence-electron chi connectivity index (χ3n) is 7.26. The van der Waals surface area contributed by atoms with Crippen LogP contribution in [0.3, 0.4) is 0 Å². The number of carbonyl (C=O) groups excluding carboxylic acids is 2. The molecule has 3 aromatic rings. The average Bonchev–Trinajstić information content (AvgIpc) is 3.59. The van der Waals surface area contributed by atoms with Gasteiger partial charge in [0.2, 0.25) is 0 Å². The van der Waals surface area contributed by atoms with Crippen molar-refractivity contribution in [3.05, 3.63) is 24.8 Å². The maximum Gasteiger partial charge on any atom is 0.490 e. The molecule has 0 aromatic carbocycles. The Bertz CT molecular complexity index is 1400. The highest BCUT2D eigenvalue weighted by atomic mass is 19.4. The minimum absolute atomic E-state index is 0.0712. The molecule has 0 bridgehead atoms. The maximum absolute atomic E-state index is 12.9. The predicted molar refractivity (Wildman–Crippen MR) is 131 cm³/mol. The molecule has 0 spiro atoms. The zero-order valence-electron chi connectivity index (χ0n) is 21.3. The molecule has 13 nitrogen and oxygen atoms in total. The highest BCUT2D eigenvalue weighted by Crippen LogP contribution is 2.38. The summed E-state index contributed by atoms with van der Waals surface area (Å²) >= 11 is 0. The first-order valence-corrected chi connectivity index (χ1v) is 12.6. The summed E-state index contributed by atoms with van der Waals surface area (Å²) in [6.45, 7) is 0.173. The maximum atomic E-state index is 12.9. The molecular formula is C24H28F3N7O6. The first-order valence-electron chi connectivity index (χ1n) is 12.6. The number of hydrogen-bond acceptors (Lipinski definition) is 10. The van der Waals surface area contributed by atoms with Crippen LogP contribution in [0.2, 0.25) is 0 Å². The molecule has 0 radical (unpaired) electrons. The molecule has 0 unspecified atom stereocenters. The lowest BCUT2D eigenvalue weighted by atomic mass is 9.87. The molecule has 1 amide bonds. The van der Waals surface area contributed by atoms with Crippen molar-refractivity contribution >= 4 is 28.7 Å². The topological polar surface area (TPSA) is 180 Å². The molecule has 1 aliphatic carbocycles. The van der Waals surface area contributed by atoms with Crippen LogP contribution in [0, 0.1) is 5.92 Å². The molecule has 1 saturated heterocycles. The van der Waals surface area contributed by atoms with Gasteiger partial charge in [-0.15, -0.1) is 0 Å². The summed E-state index contributed by atoms with van der Waals surface area (Å²) in [6.07, 6.45) is -5.57. The van der Waals surface area contributed by atoms with Crippen LogP contribution in [0.4, 0.5) is 19.0 Å². The summed E-state index contributed by atoms with van der Waals surface area (Å²) < 4.78 is 50.7. The Labute approximate surface area is 225 Å². The first-order chi connectivity index (χ1) is 18.9. The van der Waals surface area contributed by atoms with Crippen molar-refractivity contribution in [2.24, 2.45) is 13.0 Å². The van der Waals surface area contributed by atoms with Gasteiger partial charge in [0.25, 0.3) is 5.91 Å². The minimum atomic E-state index is -5.04. The number of alkyl halides is 3. The number of aliphatic hydroxyl groups is 2. The van der Waals surface area contributed by atoms with E-state index in [1.165, 1.54) is 10.9 Å². The first kappa shape index (κ1) is 27.8. The second-order valence-corrected chi connectivity index (χ2v) is 10.0. The van der Waals surface area contributed by atoms with Gasteiger partial charge in [0.15, 0.2) is 12.3 Å². The fourth-order valence-corrected chi connectivity index (χ4v) is 5.18. The number of anilines is 1. The molecule has 16 heteroatoms. The summed E-state index contributed by atoms with van der Waals surface area (Å²) in [7, 11) is 1.75. The van der Waals surface area contributed by atoms with Crippen molar-refractivity contribution in [3.63, 3.8) is 0 Å². The number of halogens is 3. The van der Waals surface area contributed by atoms with Gasteiger partial charge in [0.05, 0.1) is 11.1 Å². The number of carbonyl (C=O) groups is 2. The number of nitrogen functional groups attached to an aromatic ring is 1. The zero-order chi connectivity index (χ0) is 28.8. The molecule has 216 valence electrons. The molecular weight excluding hydrogens is 539 g/mol. The van der Waals surface area contributed by atoms with E-state index < -0.39 is 48.7 Å². The number of fused-ring (bicyclic) bond motifs is 1. The van der Waals surface area contributed by atoms with Crippen molar-refractivity contribution < 1.29 is 42.4 Å². The van der Waals surface area contributed by atoms with Crippen molar-refractivity contribution in [1.29, 1.82) is 0 Å². The van der Waals surface area contributed by atoms with E-state index in [9.17, 15) is 33.0 Å². The predicted octanol–water partition coefficient (Wildman–Crippen LogP) is 0.814. The minimum Gasteiger partial charge on any atom is -0.456 e. The number of aliphatic hydroxyl groups excluding tert-OH is 2. The van der Waals surface area contributed by atoms with Gasteiger partial charge in [-0.05, 0) is 37.7 Å². The van der Waals surface area contributed by atoms with E-state index in [0.717, 1.165) is 0 Å². The summed E-state index contributed by atoms with van der Waals surface area (Å²) in [4.78, 5) is 32.3. The Balaban J connectivity index is 1.24. The van der Waals surface area contributed by atoms with E-state index in [0.29, 0.717) is 35.1 Å². The quantitative estimate of drug-likeness (QED) is 0.312. The van der Waals surface area contributed by atoms with Gasteiger partial charge in [-0.1, -0.05) is 0 Å². The van der Waals surface area contributed by atoms with Crippen molar-refractivity contribution in [2.45, 2.75) is 62.5 Å². The standard InChI is InChI=1S/C24H28F3N7O6/c1-33-7-6-14(32-33)13-9-34(20-15(13)19(28)30-10-31-20)22-17(36)16(35)18(40-22)21(37)29-8-11-2-4-12(5-3-11)39-23(38)24(25,26)27/h6-7,9-12,16-18,22,35-36H,2-5,8H2,1H3,(H,29,37)(H2,28,30,31)/t11-,12+,16-,17+,18-,22+/m0/s1. The SMILES string of the molecule is Cn1ccc(-c2cn([C@@H]3O[C@H](C(=O)NC[C@H]4CC[C@@H](OC(=O)C(F)(F)F)CC4)[C@@H](O)[C@H]3O)c3ncnc(N)c23)n1. The van der Waals surface area contributed by atoms with Gasteiger partial charge in [-0.25, -0.2) is 14.8 Å². The van der Waals surface area contributed by atoms with Crippen LogP contribution < -0.4 is 11.1 Å². The summed E-state index contributed by atoms with van der Waals surface area (Å²) in [5.74, 6) is -2.76. The number of nitrogens with two attached hydrogens (primary N) is 1. The number of nitrogens with one attached hydrogen (secondary N) is 1. The normalized spacial score (nSPS) is 27.1. The fourth-order valence-electron chi connectivity index (χ4n) is 5.18. The van der Waals surface area contributed by atoms with Gasteiger partial charge >= 0.3 is 12.1 Å². The smallest absolute Gasteiger partial charge is 0.456 e. The van der Waals surface area contributed by atoms with E-state index in [-0.39, 0.29) is 31.1 Å². The van der Waals surface area contributed by atoms with Crippen molar-refractivity contribution in [1.82, 2.24) is 29.6 Å². The second kappa shape index (κ2) is 10.7. The van der Waals surface area contributed by atoms with Crippen molar-refractivity contribution in [2.75, 3.05) is 12.3 Å². The Morgan fingerprint density at radius 1 is 1.20 bits per heavy atom. The van der Waals surface area contributed by atoms with Crippen LogP contribution in [0.25, 0.3) is 22.3 Å². The number of amides is 1. The van der Waals surface area contributed by atoms with Gasteiger partial charge in [-0.3, -0.25) is 9.48 Å². The Kier molecular flexibility index (Phi) is 7.41. The number of nitrogens with zero attached hydrogens (tertiary/aromatic N) is 5. The molecule has 3 aromatic heterocycles. The largest absolute Gasteiger partial charge is 0.490 e. The molecule has 4 heterocycles. The lowest BCUT2D eigenvalue weighted by Gasteiger charge is -2.29.